The van der Waals surface area contributed by atoms with Gasteiger partial charge in [0.05, 0.1) is 11.3 Å². The van der Waals surface area contributed by atoms with Crippen molar-refractivity contribution in [1.29, 1.82) is 0 Å². The summed E-state index contributed by atoms with van der Waals surface area (Å²) in [7, 11) is -1.52. The molecule has 120 valence electrons. The van der Waals surface area contributed by atoms with E-state index in [1.54, 1.807) is 20.0 Å². The summed E-state index contributed by atoms with van der Waals surface area (Å²) in [6, 6.07) is 4.86. The van der Waals surface area contributed by atoms with Crippen molar-refractivity contribution >= 4 is 9.84 Å². The Hall–Kier alpha value is -1.08. The largest absolute Gasteiger partial charge is 0.416 e. The van der Waals surface area contributed by atoms with Crippen LogP contribution in [-0.2, 0) is 16.0 Å². The molecule has 0 amide bonds. The van der Waals surface area contributed by atoms with Crippen LogP contribution in [0.1, 0.15) is 36.9 Å². The molecule has 7 heteroatoms. The molecule has 0 bridgehead atoms. The fourth-order valence-electron chi connectivity index (χ4n) is 2.17. The Morgan fingerprint density at radius 1 is 1.24 bits per heavy atom. The molecule has 1 unspecified atom stereocenters. The van der Waals surface area contributed by atoms with Crippen LogP contribution in [0.15, 0.2) is 24.3 Å². The van der Waals surface area contributed by atoms with Gasteiger partial charge >= 0.3 is 6.18 Å². The Labute approximate surface area is 123 Å². The quantitative estimate of drug-likeness (QED) is 0.838. The third-order valence-electron chi connectivity index (χ3n) is 3.38. The molecule has 1 atom stereocenters. The van der Waals surface area contributed by atoms with Crippen LogP contribution in [0.2, 0.25) is 0 Å². The predicted octanol–water partition coefficient (Wildman–Crippen LogP) is 3.18. The SMILES string of the molecule is CCS(=O)(=O)CCCC(NC)c1ccccc1C(F)(F)F. The third kappa shape index (κ3) is 5.32. The smallest absolute Gasteiger partial charge is 0.313 e. The Kier molecular flexibility index (Phi) is 6.22. The molecule has 0 saturated heterocycles. The predicted molar refractivity (Wildman–Crippen MR) is 76.8 cm³/mol. The lowest BCUT2D eigenvalue weighted by atomic mass is 9.97. The van der Waals surface area contributed by atoms with Gasteiger partial charge in [-0.2, -0.15) is 13.2 Å². The third-order valence-corrected chi connectivity index (χ3v) is 5.17. The van der Waals surface area contributed by atoms with Crippen LogP contribution in [0.3, 0.4) is 0 Å². The van der Waals surface area contributed by atoms with Crippen molar-refractivity contribution in [2.24, 2.45) is 0 Å². The van der Waals surface area contributed by atoms with E-state index in [1.807, 2.05) is 0 Å². The molecule has 1 aromatic rings. The maximum Gasteiger partial charge on any atom is 0.416 e. The van der Waals surface area contributed by atoms with Crippen molar-refractivity contribution in [3.63, 3.8) is 0 Å². The van der Waals surface area contributed by atoms with Gasteiger partial charge in [-0.15, -0.1) is 0 Å². The van der Waals surface area contributed by atoms with Crippen LogP contribution in [0, 0.1) is 0 Å². The van der Waals surface area contributed by atoms with Crippen molar-refractivity contribution in [3.05, 3.63) is 35.4 Å². The summed E-state index contributed by atoms with van der Waals surface area (Å²) in [5.74, 6) is 0.0478. The zero-order chi connectivity index (χ0) is 16.1. The van der Waals surface area contributed by atoms with E-state index in [0.29, 0.717) is 12.8 Å². The number of nitrogens with one attached hydrogen (secondary N) is 1. The van der Waals surface area contributed by atoms with E-state index in [0.717, 1.165) is 6.07 Å². The minimum absolute atomic E-state index is 0.00410. The Morgan fingerprint density at radius 2 is 1.86 bits per heavy atom. The molecule has 0 heterocycles. The van der Waals surface area contributed by atoms with Gasteiger partial charge in [0.15, 0.2) is 0 Å². The molecule has 0 saturated carbocycles. The van der Waals surface area contributed by atoms with Crippen LogP contribution in [-0.4, -0.2) is 27.0 Å². The Bertz CT molecular complexity index is 556. The normalized spacial score (nSPS) is 14.1. The highest BCUT2D eigenvalue weighted by Crippen LogP contribution is 2.35. The summed E-state index contributed by atoms with van der Waals surface area (Å²) in [6.45, 7) is 1.56. The Balaban J connectivity index is 2.87. The molecule has 0 fully saturated rings. The summed E-state index contributed by atoms with van der Waals surface area (Å²) in [6.07, 6.45) is -3.75. The molecule has 0 aromatic heterocycles. The standard InChI is InChI=1S/C14H20F3NO2S/c1-3-21(19,20)10-6-9-13(18-2)11-7-4-5-8-12(11)14(15,16)17/h4-5,7-8,13,18H,3,6,9-10H2,1-2H3. The summed E-state index contributed by atoms with van der Waals surface area (Å²) < 4.78 is 61.8. The summed E-state index contributed by atoms with van der Waals surface area (Å²) >= 11 is 0. The topological polar surface area (TPSA) is 46.2 Å². The van der Waals surface area contributed by atoms with E-state index in [4.69, 9.17) is 0 Å². The van der Waals surface area contributed by atoms with Gasteiger partial charge in [-0.25, -0.2) is 8.42 Å². The molecular formula is C14H20F3NO2S. The number of hydrogen-bond acceptors (Lipinski definition) is 3. The molecule has 1 aromatic carbocycles. The number of alkyl halides is 3. The van der Waals surface area contributed by atoms with Gasteiger partial charge < -0.3 is 5.32 Å². The Morgan fingerprint density at radius 3 is 2.38 bits per heavy atom. The number of rotatable bonds is 7. The number of hydrogen-bond donors (Lipinski definition) is 1. The van der Waals surface area contributed by atoms with Gasteiger partial charge in [-0.1, -0.05) is 25.1 Å². The average molecular weight is 323 g/mol. The second kappa shape index (κ2) is 7.26. The maximum atomic E-state index is 13.0. The number of benzene rings is 1. The maximum absolute atomic E-state index is 13.0. The second-order valence-electron chi connectivity index (χ2n) is 4.80. The van der Waals surface area contributed by atoms with Gasteiger partial charge in [0.2, 0.25) is 0 Å². The second-order valence-corrected chi connectivity index (χ2v) is 7.28. The zero-order valence-electron chi connectivity index (χ0n) is 12.1. The fraction of sp³-hybridized carbons (Fsp3) is 0.571. The van der Waals surface area contributed by atoms with E-state index in [9.17, 15) is 21.6 Å². The van der Waals surface area contributed by atoms with Crippen LogP contribution in [0.4, 0.5) is 13.2 Å². The monoisotopic (exact) mass is 323 g/mol. The minimum atomic E-state index is -4.42. The first-order valence-corrected chi connectivity index (χ1v) is 8.57. The molecule has 3 nitrogen and oxygen atoms in total. The van der Waals surface area contributed by atoms with Crippen molar-refractivity contribution in [3.8, 4) is 0 Å². The molecular weight excluding hydrogens is 303 g/mol. The van der Waals surface area contributed by atoms with Gasteiger partial charge in [-0.3, -0.25) is 0 Å². The van der Waals surface area contributed by atoms with Crippen LogP contribution < -0.4 is 5.32 Å². The van der Waals surface area contributed by atoms with Crippen molar-refractivity contribution in [2.45, 2.75) is 32.0 Å². The molecule has 0 aliphatic heterocycles. The highest BCUT2D eigenvalue weighted by molar-refractivity contribution is 7.91. The first-order valence-electron chi connectivity index (χ1n) is 6.75. The zero-order valence-corrected chi connectivity index (χ0v) is 12.9. The van der Waals surface area contributed by atoms with Crippen molar-refractivity contribution < 1.29 is 21.6 Å². The van der Waals surface area contributed by atoms with Gasteiger partial charge in [0.25, 0.3) is 0 Å². The first-order chi connectivity index (χ1) is 9.71. The van der Waals surface area contributed by atoms with Gasteiger partial charge in [0, 0.05) is 11.8 Å². The van der Waals surface area contributed by atoms with Crippen molar-refractivity contribution in [1.82, 2.24) is 5.32 Å². The van der Waals surface area contributed by atoms with E-state index < -0.39 is 27.6 Å². The molecule has 1 N–H and O–H groups in total. The van der Waals surface area contributed by atoms with E-state index in [-0.39, 0.29) is 17.1 Å². The molecule has 1 rings (SSSR count). The molecule has 0 aliphatic rings. The summed E-state index contributed by atoms with van der Waals surface area (Å²) in [5, 5.41) is 2.84. The van der Waals surface area contributed by atoms with Crippen LogP contribution >= 0.6 is 0 Å². The van der Waals surface area contributed by atoms with E-state index in [1.165, 1.54) is 12.1 Å². The lowest BCUT2D eigenvalue weighted by Crippen LogP contribution is -2.22. The van der Waals surface area contributed by atoms with Crippen molar-refractivity contribution in [2.75, 3.05) is 18.6 Å². The van der Waals surface area contributed by atoms with Crippen LogP contribution in [0.5, 0.6) is 0 Å². The molecule has 0 radical (unpaired) electrons. The van der Waals surface area contributed by atoms with Crippen LogP contribution in [0.25, 0.3) is 0 Å². The average Bonchev–Trinajstić information content (AvgIpc) is 2.43. The minimum Gasteiger partial charge on any atom is -0.313 e. The van der Waals surface area contributed by atoms with E-state index in [2.05, 4.69) is 5.32 Å². The van der Waals surface area contributed by atoms with Gasteiger partial charge in [0.1, 0.15) is 9.84 Å². The van der Waals surface area contributed by atoms with E-state index >= 15 is 0 Å². The number of halogens is 3. The lowest BCUT2D eigenvalue weighted by Gasteiger charge is -2.21. The first kappa shape index (κ1) is 18.0. The highest BCUT2D eigenvalue weighted by atomic mass is 32.2. The fourth-order valence-corrected chi connectivity index (χ4v) is 3.06. The molecule has 21 heavy (non-hydrogen) atoms. The summed E-state index contributed by atoms with van der Waals surface area (Å²) in [5.41, 5.74) is -0.524. The molecule has 0 aliphatic carbocycles. The van der Waals surface area contributed by atoms with Gasteiger partial charge in [-0.05, 0) is 31.5 Å². The highest BCUT2D eigenvalue weighted by Gasteiger charge is 2.34. The lowest BCUT2D eigenvalue weighted by molar-refractivity contribution is -0.138. The molecule has 0 spiro atoms. The number of sulfone groups is 1. The summed E-state index contributed by atoms with van der Waals surface area (Å²) in [4.78, 5) is 0.